The molecule has 7 nitrogen and oxygen atoms in total. The first-order valence-corrected chi connectivity index (χ1v) is 9.44. The summed E-state index contributed by atoms with van der Waals surface area (Å²) < 4.78 is 30.5. The largest absolute Gasteiger partial charge is 0.493 e. The number of amides is 1. The SMILES string of the molecule is CN(C)S(=O)(=O)C[C@@H]1CN(C(=O)CCOc2ccccc2)C[C@H]1O. The Morgan fingerprint density at radius 3 is 2.58 bits per heavy atom. The number of hydrogen-bond donors (Lipinski definition) is 1. The first kappa shape index (κ1) is 18.7. The van der Waals surface area contributed by atoms with Gasteiger partial charge in [-0.05, 0) is 12.1 Å². The van der Waals surface area contributed by atoms with Crippen molar-refractivity contribution in [1.29, 1.82) is 0 Å². The summed E-state index contributed by atoms with van der Waals surface area (Å²) in [5.74, 6) is -0.0707. The molecule has 0 aliphatic carbocycles. The van der Waals surface area contributed by atoms with E-state index in [2.05, 4.69) is 0 Å². The molecule has 1 amide bonds. The molecule has 24 heavy (non-hydrogen) atoms. The zero-order valence-electron chi connectivity index (χ0n) is 14.0. The topological polar surface area (TPSA) is 87.2 Å². The maximum Gasteiger partial charge on any atom is 0.226 e. The van der Waals surface area contributed by atoms with Gasteiger partial charge >= 0.3 is 0 Å². The monoisotopic (exact) mass is 356 g/mol. The average Bonchev–Trinajstić information content (AvgIpc) is 2.88. The minimum Gasteiger partial charge on any atom is -0.493 e. The summed E-state index contributed by atoms with van der Waals surface area (Å²) in [6.07, 6.45) is -0.631. The van der Waals surface area contributed by atoms with Gasteiger partial charge in [0.1, 0.15) is 5.75 Å². The number of nitrogens with zero attached hydrogens (tertiary/aromatic N) is 2. The van der Waals surface area contributed by atoms with Crippen LogP contribution in [0.4, 0.5) is 0 Å². The van der Waals surface area contributed by atoms with Gasteiger partial charge in [-0.15, -0.1) is 0 Å². The lowest BCUT2D eigenvalue weighted by molar-refractivity contribution is -0.131. The molecule has 1 aliphatic heterocycles. The molecule has 0 bridgehead atoms. The van der Waals surface area contributed by atoms with Crippen molar-refractivity contribution in [3.63, 3.8) is 0 Å². The summed E-state index contributed by atoms with van der Waals surface area (Å²) in [5, 5.41) is 10.0. The number of ether oxygens (including phenoxy) is 1. The van der Waals surface area contributed by atoms with Crippen LogP contribution in [0.1, 0.15) is 6.42 Å². The van der Waals surface area contributed by atoms with Crippen LogP contribution in [0.2, 0.25) is 0 Å². The maximum atomic E-state index is 12.2. The fourth-order valence-electron chi connectivity index (χ4n) is 2.57. The lowest BCUT2D eigenvalue weighted by atomic mass is 10.1. The number of carbonyl (C=O) groups is 1. The van der Waals surface area contributed by atoms with Crippen LogP contribution in [0.15, 0.2) is 30.3 Å². The number of benzene rings is 1. The number of aliphatic hydroxyl groups is 1. The average molecular weight is 356 g/mol. The first-order valence-electron chi connectivity index (χ1n) is 7.83. The molecule has 0 radical (unpaired) electrons. The molecule has 1 aromatic carbocycles. The van der Waals surface area contributed by atoms with Gasteiger partial charge in [0.15, 0.2) is 0 Å². The molecule has 0 unspecified atom stereocenters. The van der Waals surface area contributed by atoms with E-state index in [4.69, 9.17) is 4.74 Å². The number of carbonyl (C=O) groups excluding carboxylic acids is 1. The van der Waals surface area contributed by atoms with Gasteiger partial charge in [0.2, 0.25) is 15.9 Å². The van der Waals surface area contributed by atoms with E-state index in [1.54, 1.807) is 0 Å². The lowest BCUT2D eigenvalue weighted by Gasteiger charge is -2.18. The third-order valence-electron chi connectivity index (χ3n) is 4.07. The van der Waals surface area contributed by atoms with Crippen LogP contribution < -0.4 is 4.74 Å². The zero-order valence-corrected chi connectivity index (χ0v) is 14.8. The Labute approximate surface area is 142 Å². The van der Waals surface area contributed by atoms with Crippen LogP contribution in [0.25, 0.3) is 0 Å². The van der Waals surface area contributed by atoms with Crippen molar-refractivity contribution in [3.8, 4) is 5.75 Å². The zero-order chi connectivity index (χ0) is 17.7. The molecule has 0 aromatic heterocycles. The highest BCUT2D eigenvalue weighted by Gasteiger charge is 2.37. The van der Waals surface area contributed by atoms with E-state index in [1.807, 2.05) is 30.3 Å². The highest BCUT2D eigenvalue weighted by Crippen LogP contribution is 2.20. The Kier molecular flexibility index (Phi) is 6.20. The molecule has 2 rings (SSSR count). The molecule has 1 aromatic rings. The minimum atomic E-state index is -3.41. The van der Waals surface area contributed by atoms with E-state index in [1.165, 1.54) is 19.0 Å². The molecule has 0 saturated carbocycles. The number of para-hydroxylation sites is 1. The molecule has 0 spiro atoms. The molecule has 1 N–H and O–H groups in total. The highest BCUT2D eigenvalue weighted by atomic mass is 32.2. The molecule has 8 heteroatoms. The van der Waals surface area contributed by atoms with Crippen molar-refractivity contribution in [2.75, 3.05) is 39.5 Å². The van der Waals surface area contributed by atoms with Gasteiger partial charge in [-0.3, -0.25) is 4.79 Å². The summed E-state index contributed by atoms with van der Waals surface area (Å²) >= 11 is 0. The summed E-state index contributed by atoms with van der Waals surface area (Å²) in [7, 11) is -0.488. The smallest absolute Gasteiger partial charge is 0.226 e. The Bertz CT molecular complexity index is 648. The van der Waals surface area contributed by atoms with Crippen molar-refractivity contribution in [2.24, 2.45) is 5.92 Å². The number of aliphatic hydroxyl groups excluding tert-OH is 1. The quantitative estimate of drug-likeness (QED) is 0.752. The van der Waals surface area contributed by atoms with E-state index in [0.29, 0.717) is 5.75 Å². The summed E-state index contributed by atoms with van der Waals surface area (Å²) in [6.45, 7) is 0.659. The molecule has 1 saturated heterocycles. The van der Waals surface area contributed by atoms with Gasteiger partial charge in [-0.25, -0.2) is 12.7 Å². The van der Waals surface area contributed by atoms with Gasteiger partial charge in [0, 0.05) is 33.1 Å². The van der Waals surface area contributed by atoms with Crippen molar-refractivity contribution in [2.45, 2.75) is 12.5 Å². The van der Waals surface area contributed by atoms with Crippen LogP contribution in [0, 0.1) is 5.92 Å². The first-order chi connectivity index (χ1) is 11.3. The van der Waals surface area contributed by atoms with E-state index in [0.717, 1.165) is 4.31 Å². The second kappa shape index (κ2) is 7.96. The normalized spacial score (nSPS) is 21.2. The van der Waals surface area contributed by atoms with Crippen LogP contribution in [-0.4, -0.2) is 74.3 Å². The summed E-state index contributed by atoms with van der Waals surface area (Å²) in [4.78, 5) is 13.7. The third kappa shape index (κ3) is 4.93. The van der Waals surface area contributed by atoms with E-state index in [9.17, 15) is 18.3 Å². The molecule has 2 atom stereocenters. The fraction of sp³-hybridized carbons (Fsp3) is 0.562. The number of rotatable bonds is 7. The molecule has 1 heterocycles. The van der Waals surface area contributed by atoms with E-state index < -0.39 is 22.0 Å². The number of hydrogen-bond acceptors (Lipinski definition) is 5. The Morgan fingerprint density at radius 1 is 1.29 bits per heavy atom. The van der Waals surface area contributed by atoms with Gasteiger partial charge in [0.25, 0.3) is 0 Å². The predicted molar refractivity (Wildman–Crippen MR) is 90.1 cm³/mol. The molecule has 134 valence electrons. The van der Waals surface area contributed by atoms with Crippen LogP contribution >= 0.6 is 0 Å². The van der Waals surface area contributed by atoms with Crippen LogP contribution in [0.3, 0.4) is 0 Å². The van der Waals surface area contributed by atoms with Crippen molar-refractivity contribution in [1.82, 2.24) is 9.21 Å². The standard InChI is InChI=1S/C16H24N2O5S/c1-17(2)24(21,22)12-13-10-18(11-15(13)19)16(20)8-9-23-14-6-4-3-5-7-14/h3-7,13,15,19H,8-12H2,1-2H3/t13-,15+/m0/s1. The maximum absolute atomic E-state index is 12.2. The van der Waals surface area contributed by atoms with E-state index in [-0.39, 0.29) is 37.8 Å². The minimum absolute atomic E-state index is 0.144. The lowest BCUT2D eigenvalue weighted by Crippen LogP contribution is -2.33. The summed E-state index contributed by atoms with van der Waals surface area (Å²) in [5.41, 5.74) is 0. The van der Waals surface area contributed by atoms with E-state index >= 15 is 0 Å². The van der Waals surface area contributed by atoms with Crippen molar-refractivity contribution in [3.05, 3.63) is 30.3 Å². The van der Waals surface area contributed by atoms with Gasteiger partial charge in [-0.2, -0.15) is 0 Å². The second-order valence-electron chi connectivity index (χ2n) is 6.10. The Morgan fingerprint density at radius 2 is 1.96 bits per heavy atom. The summed E-state index contributed by atoms with van der Waals surface area (Å²) in [6, 6.07) is 9.21. The number of likely N-dealkylation sites (tertiary alicyclic amines) is 1. The third-order valence-corrected chi connectivity index (χ3v) is 6.03. The molecule has 1 aliphatic rings. The van der Waals surface area contributed by atoms with Crippen molar-refractivity contribution < 1.29 is 23.1 Å². The Balaban J connectivity index is 1.82. The molecular weight excluding hydrogens is 332 g/mol. The molecule has 1 fully saturated rings. The van der Waals surface area contributed by atoms with Gasteiger partial charge in [-0.1, -0.05) is 18.2 Å². The van der Waals surface area contributed by atoms with Gasteiger partial charge in [0.05, 0.1) is 24.9 Å². The van der Waals surface area contributed by atoms with Gasteiger partial charge < -0.3 is 14.7 Å². The highest BCUT2D eigenvalue weighted by molar-refractivity contribution is 7.89. The fourth-order valence-corrected chi connectivity index (χ4v) is 3.74. The second-order valence-corrected chi connectivity index (χ2v) is 8.33. The Hall–Kier alpha value is -1.64. The number of sulfonamides is 1. The number of β-amino-alcohol motifs (C(OH)–C–C–N with tert-alkyl or cyclic N) is 1. The van der Waals surface area contributed by atoms with Crippen LogP contribution in [-0.2, 0) is 14.8 Å². The van der Waals surface area contributed by atoms with Crippen molar-refractivity contribution >= 4 is 15.9 Å². The predicted octanol–water partition coefficient (Wildman–Crippen LogP) is 0.166. The molecular formula is C16H24N2O5S. The van der Waals surface area contributed by atoms with Crippen LogP contribution in [0.5, 0.6) is 5.75 Å².